The molecule has 4 heterocycles. The first-order valence-corrected chi connectivity index (χ1v) is 9.96. The minimum absolute atomic E-state index is 0.312. The molecule has 0 radical (unpaired) electrons. The standard InChI is InChI=1S/C19H36N2O2/c1-20(9-5-3-6-10-20)17-13-19(15-22-17)14-18(23-16-19)21(2)11-7-4-8-12-21/h17-18H,3-16H2,1-2H3/q+2/t17-,18+,19?. The molecule has 4 saturated heterocycles. The summed E-state index contributed by atoms with van der Waals surface area (Å²) in [5.41, 5.74) is 0.312. The Labute approximate surface area is 141 Å². The number of hydrogen-bond donors (Lipinski definition) is 0. The lowest BCUT2D eigenvalue weighted by atomic mass is 9.84. The average Bonchev–Trinajstić information content (AvgIpc) is 3.18. The lowest BCUT2D eigenvalue weighted by Crippen LogP contribution is -2.55. The summed E-state index contributed by atoms with van der Waals surface area (Å²) in [7, 11) is 4.85. The third-order valence-corrected chi connectivity index (χ3v) is 7.45. The van der Waals surface area contributed by atoms with Gasteiger partial charge in [0, 0.05) is 18.3 Å². The number of quaternary nitrogens is 2. The van der Waals surface area contributed by atoms with Crippen LogP contribution in [-0.2, 0) is 9.47 Å². The Morgan fingerprint density at radius 1 is 0.652 bits per heavy atom. The third-order valence-electron chi connectivity index (χ3n) is 7.45. The predicted molar refractivity (Wildman–Crippen MR) is 90.7 cm³/mol. The molecular weight excluding hydrogens is 288 g/mol. The molecule has 0 N–H and O–H groups in total. The van der Waals surface area contributed by atoms with E-state index >= 15 is 0 Å². The number of rotatable bonds is 2. The van der Waals surface area contributed by atoms with Crippen LogP contribution in [0.15, 0.2) is 0 Å². The SMILES string of the molecule is C[N+]1([C@@H]2CC3(CO2)CO[C@@H]([N+]2(C)CCCCC2)C3)CCCCC1. The highest BCUT2D eigenvalue weighted by Gasteiger charge is 2.56. The van der Waals surface area contributed by atoms with Gasteiger partial charge < -0.3 is 18.4 Å². The molecule has 1 spiro atoms. The van der Waals surface area contributed by atoms with Crippen molar-refractivity contribution in [2.24, 2.45) is 5.41 Å². The highest BCUT2D eigenvalue weighted by molar-refractivity contribution is 4.91. The average molecular weight is 325 g/mol. The van der Waals surface area contributed by atoms with Crippen LogP contribution in [0.25, 0.3) is 0 Å². The second-order valence-electron chi connectivity index (χ2n) is 9.41. The van der Waals surface area contributed by atoms with E-state index in [0.717, 1.165) is 22.2 Å². The minimum Gasteiger partial charge on any atom is -0.328 e. The minimum atomic E-state index is 0.312. The molecule has 1 unspecified atom stereocenters. The second kappa shape index (κ2) is 5.98. The summed E-state index contributed by atoms with van der Waals surface area (Å²) in [6.07, 6.45) is 11.6. The number of piperidine rings is 2. The van der Waals surface area contributed by atoms with Crippen molar-refractivity contribution in [2.45, 2.75) is 63.8 Å². The van der Waals surface area contributed by atoms with E-state index in [1.807, 2.05) is 0 Å². The number of hydrogen-bond acceptors (Lipinski definition) is 2. The van der Waals surface area contributed by atoms with Crippen LogP contribution in [0.5, 0.6) is 0 Å². The van der Waals surface area contributed by atoms with E-state index in [-0.39, 0.29) is 0 Å². The molecule has 0 bridgehead atoms. The molecule has 0 amide bonds. The third kappa shape index (κ3) is 2.97. The highest BCUT2D eigenvalue weighted by atomic mass is 16.5. The van der Waals surface area contributed by atoms with Crippen LogP contribution in [0.2, 0.25) is 0 Å². The molecular formula is C19H36N2O2+2. The molecule has 0 aliphatic carbocycles. The van der Waals surface area contributed by atoms with Crippen molar-refractivity contribution in [2.75, 3.05) is 53.5 Å². The molecule has 0 aromatic carbocycles. The molecule has 4 fully saturated rings. The van der Waals surface area contributed by atoms with Crippen molar-refractivity contribution in [1.82, 2.24) is 0 Å². The van der Waals surface area contributed by atoms with Crippen molar-refractivity contribution < 1.29 is 18.4 Å². The fourth-order valence-corrected chi connectivity index (χ4v) is 5.61. The van der Waals surface area contributed by atoms with Gasteiger partial charge in [-0.2, -0.15) is 0 Å². The van der Waals surface area contributed by atoms with E-state index in [1.54, 1.807) is 0 Å². The van der Waals surface area contributed by atoms with Crippen molar-refractivity contribution >= 4 is 0 Å². The first kappa shape index (κ1) is 16.3. The molecule has 4 rings (SSSR count). The van der Waals surface area contributed by atoms with Gasteiger partial charge in [0.05, 0.1) is 53.5 Å². The lowest BCUT2D eigenvalue weighted by molar-refractivity contribution is -0.957. The van der Waals surface area contributed by atoms with Gasteiger partial charge in [0.2, 0.25) is 0 Å². The van der Waals surface area contributed by atoms with Gasteiger partial charge in [-0.3, -0.25) is 0 Å². The van der Waals surface area contributed by atoms with E-state index in [4.69, 9.17) is 9.47 Å². The Bertz CT molecular complexity index is 387. The van der Waals surface area contributed by atoms with Gasteiger partial charge in [0.25, 0.3) is 0 Å². The van der Waals surface area contributed by atoms with Gasteiger partial charge in [0.15, 0.2) is 12.5 Å². The second-order valence-corrected chi connectivity index (χ2v) is 9.41. The van der Waals surface area contributed by atoms with E-state index in [2.05, 4.69) is 14.1 Å². The van der Waals surface area contributed by atoms with E-state index < -0.39 is 0 Å². The molecule has 4 aliphatic rings. The van der Waals surface area contributed by atoms with Gasteiger partial charge in [-0.05, 0) is 38.5 Å². The van der Waals surface area contributed by atoms with Crippen molar-refractivity contribution in [3.8, 4) is 0 Å². The molecule has 4 aliphatic heterocycles. The molecule has 0 aromatic heterocycles. The van der Waals surface area contributed by atoms with Crippen molar-refractivity contribution in [3.63, 3.8) is 0 Å². The van der Waals surface area contributed by atoms with Crippen LogP contribution >= 0.6 is 0 Å². The first-order valence-electron chi connectivity index (χ1n) is 9.96. The van der Waals surface area contributed by atoms with Gasteiger partial charge in [-0.15, -0.1) is 0 Å². The zero-order valence-electron chi connectivity index (χ0n) is 15.3. The quantitative estimate of drug-likeness (QED) is 0.727. The fraction of sp³-hybridized carbons (Fsp3) is 1.00. The Kier molecular flexibility index (Phi) is 4.24. The Morgan fingerprint density at radius 3 is 1.43 bits per heavy atom. The number of likely N-dealkylation sites (tertiary alicyclic amines) is 2. The Hall–Kier alpha value is -0.160. The first-order chi connectivity index (χ1) is 11.0. The largest absolute Gasteiger partial charge is 0.328 e. The van der Waals surface area contributed by atoms with Crippen LogP contribution in [-0.4, -0.2) is 74.9 Å². The van der Waals surface area contributed by atoms with Gasteiger partial charge >= 0.3 is 0 Å². The maximum absolute atomic E-state index is 6.39. The summed E-state index contributed by atoms with van der Waals surface area (Å²) >= 11 is 0. The fourth-order valence-electron chi connectivity index (χ4n) is 5.61. The molecule has 132 valence electrons. The molecule has 23 heavy (non-hydrogen) atoms. The summed E-state index contributed by atoms with van der Waals surface area (Å²) < 4.78 is 15.1. The molecule has 4 heteroatoms. The Balaban J connectivity index is 1.41. The van der Waals surface area contributed by atoms with Gasteiger partial charge in [-0.25, -0.2) is 0 Å². The molecule has 0 aromatic rings. The topological polar surface area (TPSA) is 18.5 Å². The zero-order chi connectivity index (χ0) is 16.0. The zero-order valence-corrected chi connectivity index (χ0v) is 15.3. The van der Waals surface area contributed by atoms with Crippen LogP contribution < -0.4 is 0 Å². The van der Waals surface area contributed by atoms with Gasteiger partial charge in [-0.1, -0.05) is 0 Å². The maximum atomic E-state index is 6.39. The maximum Gasteiger partial charge on any atom is 0.193 e. The summed E-state index contributed by atoms with van der Waals surface area (Å²) in [5, 5.41) is 0. The number of nitrogens with zero attached hydrogens (tertiary/aromatic N) is 2. The summed E-state index contributed by atoms with van der Waals surface area (Å²) in [6, 6.07) is 0. The van der Waals surface area contributed by atoms with Gasteiger partial charge in [0.1, 0.15) is 0 Å². The van der Waals surface area contributed by atoms with E-state index in [1.165, 1.54) is 77.5 Å². The molecule has 4 nitrogen and oxygen atoms in total. The normalized spacial score (nSPS) is 43.0. The summed E-state index contributed by atoms with van der Waals surface area (Å²) in [4.78, 5) is 0. The monoisotopic (exact) mass is 324 g/mol. The van der Waals surface area contributed by atoms with E-state index in [0.29, 0.717) is 17.9 Å². The van der Waals surface area contributed by atoms with Crippen LogP contribution in [0.4, 0.5) is 0 Å². The summed E-state index contributed by atoms with van der Waals surface area (Å²) in [6.45, 7) is 7.08. The predicted octanol–water partition coefficient (Wildman–Crippen LogP) is 2.73. The van der Waals surface area contributed by atoms with Crippen molar-refractivity contribution in [3.05, 3.63) is 0 Å². The van der Waals surface area contributed by atoms with Crippen LogP contribution in [0.1, 0.15) is 51.4 Å². The van der Waals surface area contributed by atoms with Crippen LogP contribution in [0.3, 0.4) is 0 Å². The lowest BCUT2D eigenvalue weighted by Gasteiger charge is -2.42. The van der Waals surface area contributed by atoms with E-state index in [9.17, 15) is 0 Å². The Morgan fingerprint density at radius 2 is 1.04 bits per heavy atom. The molecule has 3 atom stereocenters. The van der Waals surface area contributed by atoms with Crippen molar-refractivity contribution in [1.29, 1.82) is 0 Å². The molecule has 0 saturated carbocycles. The summed E-state index contributed by atoms with van der Waals surface area (Å²) in [5.74, 6) is 0. The number of ether oxygens (including phenoxy) is 2. The smallest absolute Gasteiger partial charge is 0.193 e. The van der Waals surface area contributed by atoms with Crippen LogP contribution in [0, 0.1) is 5.41 Å². The highest BCUT2D eigenvalue weighted by Crippen LogP contribution is 2.47.